The van der Waals surface area contributed by atoms with Crippen molar-refractivity contribution >= 4 is 0 Å². The van der Waals surface area contributed by atoms with Crippen molar-refractivity contribution < 1.29 is 0 Å². The molecule has 0 bridgehead atoms. The standard InChI is InChI=1S/C11H18/c1-8(2)10(4)11-7-5-6-9(11)3/h8,11H,3-7H2,1-2H3. The van der Waals surface area contributed by atoms with Gasteiger partial charge in [0.05, 0.1) is 0 Å². The molecule has 62 valence electrons. The molecule has 0 N–H and O–H groups in total. The van der Waals surface area contributed by atoms with Crippen LogP contribution >= 0.6 is 0 Å². The first-order chi connectivity index (χ1) is 5.13. The molecule has 0 heteroatoms. The van der Waals surface area contributed by atoms with Crippen LogP contribution in [0.1, 0.15) is 33.1 Å². The van der Waals surface area contributed by atoms with Gasteiger partial charge in [-0.25, -0.2) is 0 Å². The topological polar surface area (TPSA) is 0 Å². The van der Waals surface area contributed by atoms with E-state index in [0.717, 1.165) is 0 Å². The third kappa shape index (κ3) is 1.74. The van der Waals surface area contributed by atoms with Crippen molar-refractivity contribution in [2.75, 3.05) is 0 Å². The van der Waals surface area contributed by atoms with Crippen molar-refractivity contribution in [2.24, 2.45) is 11.8 Å². The summed E-state index contributed by atoms with van der Waals surface area (Å²) in [4.78, 5) is 0. The largest absolute Gasteiger partial charge is 0.0993 e. The molecule has 1 atom stereocenters. The first-order valence-corrected chi connectivity index (χ1v) is 4.49. The van der Waals surface area contributed by atoms with Crippen molar-refractivity contribution in [1.82, 2.24) is 0 Å². The van der Waals surface area contributed by atoms with Crippen molar-refractivity contribution in [1.29, 1.82) is 0 Å². The SMILES string of the molecule is C=C1CCCC1C(=C)C(C)C. The predicted molar refractivity (Wildman–Crippen MR) is 50.5 cm³/mol. The van der Waals surface area contributed by atoms with Crippen LogP contribution in [0.15, 0.2) is 24.3 Å². The summed E-state index contributed by atoms with van der Waals surface area (Å²) in [6, 6.07) is 0. The molecule has 0 aromatic rings. The molecule has 0 aliphatic heterocycles. The zero-order valence-electron chi connectivity index (χ0n) is 7.69. The minimum absolute atomic E-state index is 0.620. The first-order valence-electron chi connectivity index (χ1n) is 4.49. The molecule has 0 aromatic heterocycles. The highest BCUT2D eigenvalue weighted by Crippen LogP contribution is 2.36. The second kappa shape index (κ2) is 3.25. The quantitative estimate of drug-likeness (QED) is 0.528. The predicted octanol–water partition coefficient (Wildman–Crippen LogP) is 3.55. The van der Waals surface area contributed by atoms with Gasteiger partial charge in [-0.3, -0.25) is 0 Å². The van der Waals surface area contributed by atoms with Gasteiger partial charge in [-0.1, -0.05) is 38.2 Å². The van der Waals surface area contributed by atoms with Crippen LogP contribution in [0.25, 0.3) is 0 Å². The Labute approximate surface area is 70.0 Å². The monoisotopic (exact) mass is 150 g/mol. The lowest BCUT2D eigenvalue weighted by atomic mass is 9.88. The van der Waals surface area contributed by atoms with Gasteiger partial charge in [0.25, 0.3) is 0 Å². The summed E-state index contributed by atoms with van der Waals surface area (Å²) < 4.78 is 0. The second-order valence-corrected chi connectivity index (χ2v) is 3.83. The van der Waals surface area contributed by atoms with Gasteiger partial charge >= 0.3 is 0 Å². The van der Waals surface area contributed by atoms with E-state index in [-0.39, 0.29) is 0 Å². The van der Waals surface area contributed by atoms with Crippen LogP contribution in [0.2, 0.25) is 0 Å². The molecule has 0 nitrogen and oxygen atoms in total. The van der Waals surface area contributed by atoms with Gasteiger partial charge in [0.2, 0.25) is 0 Å². The Hall–Kier alpha value is -0.520. The molecule has 1 aliphatic rings. The minimum atomic E-state index is 0.620. The summed E-state index contributed by atoms with van der Waals surface area (Å²) in [7, 11) is 0. The maximum Gasteiger partial charge on any atom is 0.000421 e. The Bertz CT molecular complexity index is 174. The molecule has 0 heterocycles. The highest BCUT2D eigenvalue weighted by Gasteiger charge is 2.22. The van der Waals surface area contributed by atoms with Gasteiger partial charge in [-0.15, -0.1) is 0 Å². The summed E-state index contributed by atoms with van der Waals surface area (Å²) in [6.45, 7) is 12.6. The van der Waals surface area contributed by atoms with Gasteiger partial charge in [0.1, 0.15) is 0 Å². The zero-order valence-corrected chi connectivity index (χ0v) is 7.69. The van der Waals surface area contributed by atoms with E-state index in [2.05, 4.69) is 27.0 Å². The van der Waals surface area contributed by atoms with Gasteiger partial charge in [-0.2, -0.15) is 0 Å². The fourth-order valence-corrected chi connectivity index (χ4v) is 1.76. The van der Waals surface area contributed by atoms with Crippen molar-refractivity contribution in [3.8, 4) is 0 Å². The molecule has 0 aromatic carbocycles. The van der Waals surface area contributed by atoms with E-state index in [4.69, 9.17) is 0 Å². The van der Waals surface area contributed by atoms with E-state index in [1.54, 1.807) is 0 Å². The van der Waals surface area contributed by atoms with Gasteiger partial charge in [0, 0.05) is 5.92 Å². The zero-order chi connectivity index (χ0) is 8.43. The number of hydrogen-bond donors (Lipinski definition) is 0. The van der Waals surface area contributed by atoms with E-state index >= 15 is 0 Å². The average Bonchev–Trinajstić information content (AvgIpc) is 2.33. The Morgan fingerprint density at radius 3 is 2.55 bits per heavy atom. The molecule has 0 spiro atoms. The first kappa shape index (κ1) is 8.58. The molecule has 1 unspecified atom stereocenters. The maximum absolute atomic E-state index is 4.13. The van der Waals surface area contributed by atoms with Crippen LogP contribution in [0, 0.1) is 11.8 Å². The molecule has 0 saturated heterocycles. The second-order valence-electron chi connectivity index (χ2n) is 3.83. The number of allylic oxidation sites excluding steroid dienone is 2. The van der Waals surface area contributed by atoms with E-state index < -0.39 is 0 Å². The summed E-state index contributed by atoms with van der Waals surface area (Å²) in [6.07, 6.45) is 3.82. The molecule has 11 heavy (non-hydrogen) atoms. The molecular formula is C11H18. The lowest BCUT2D eigenvalue weighted by molar-refractivity contribution is 0.617. The van der Waals surface area contributed by atoms with Crippen LogP contribution in [-0.2, 0) is 0 Å². The lowest BCUT2D eigenvalue weighted by Gasteiger charge is -2.17. The van der Waals surface area contributed by atoms with Gasteiger partial charge in [0.15, 0.2) is 0 Å². The molecule has 1 rings (SSSR count). The van der Waals surface area contributed by atoms with Gasteiger partial charge < -0.3 is 0 Å². The molecule has 0 radical (unpaired) electrons. The minimum Gasteiger partial charge on any atom is -0.0993 e. The Balaban J connectivity index is 2.60. The maximum atomic E-state index is 4.13. The van der Waals surface area contributed by atoms with Crippen LogP contribution in [0.4, 0.5) is 0 Å². The molecule has 1 aliphatic carbocycles. The highest BCUT2D eigenvalue weighted by molar-refractivity contribution is 5.20. The van der Waals surface area contributed by atoms with Crippen LogP contribution in [-0.4, -0.2) is 0 Å². The Morgan fingerprint density at radius 2 is 2.18 bits per heavy atom. The van der Waals surface area contributed by atoms with E-state index in [1.165, 1.54) is 30.4 Å². The summed E-state index contributed by atoms with van der Waals surface area (Å²) in [5, 5.41) is 0. The summed E-state index contributed by atoms with van der Waals surface area (Å²) >= 11 is 0. The lowest BCUT2D eigenvalue weighted by Crippen LogP contribution is -2.05. The van der Waals surface area contributed by atoms with Crippen molar-refractivity contribution in [3.63, 3.8) is 0 Å². The fraction of sp³-hybridized carbons (Fsp3) is 0.636. The average molecular weight is 150 g/mol. The number of rotatable bonds is 2. The molecule has 1 saturated carbocycles. The fourth-order valence-electron chi connectivity index (χ4n) is 1.76. The Morgan fingerprint density at radius 1 is 1.55 bits per heavy atom. The number of hydrogen-bond acceptors (Lipinski definition) is 0. The smallest absolute Gasteiger partial charge is 0.000421 e. The van der Waals surface area contributed by atoms with E-state index in [0.29, 0.717) is 11.8 Å². The Kier molecular flexibility index (Phi) is 2.53. The third-order valence-electron chi connectivity index (χ3n) is 2.67. The normalized spacial score (nSPS) is 24.6. The van der Waals surface area contributed by atoms with Crippen LogP contribution in [0.5, 0.6) is 0 Å². The van der Waals surface area contributed by atoms with E-state index in [9.17, 15) is 0 Å². The van der Waals surface area contributed by atoms with Crippen LogP contribution < -0.4 is 0 Å². The van der Waals surface area contributed by atoms with Crippen molar-refractivity contribution in [2.45, 2.75) is 33.1 Å². The highest BCUT2D eigenvalue weighted by atomic mass is 14.3. The molecule has 0 amide bonds. The molecule has 1 fully saturated rings. The summed E-state index contributed by atoms with van der Waals surface area (Å²) in [5.74, 6) is 1.25. The van der Waals surface area contributed by atoms with E-state index in [1.807, 2.05) is 0 Å². The third-order valence-corrected chi connectivity index (χ3v) is 2.67. The van der Waals surface area contributed by atoms with Gasteiger partial charge in [-0.05, 0) is 25.2 Å². The summed E-state index contributed by atoms with van der Waals surface area (Å²) in [5.41, 5.74) is 2.79. The van der Waals surface area contributed by atoms with Crippen LogP contribution in [0.3, 0.4) is 0 Å². The molecular weight excluding hydrogens is 132 g/mol. The van der Waals surface area contributed by atoms with Crippen molar-refractivity contribution in [3.05, 3.63) is 24.3 Å².